The molecule has 1 fully saturated rings. The van der Waals surface area contributed by atoms with Gasteiger partial charge < -0.3 is 10.8 Å². The fraction of sp³-hybridized carbons (Fsp3) is 0.261. The van der Waals surface area contributed by atoms with E-state index in [9.17, 15) is 29.1 Å². The highest BCUT2D eigenvalue weighted by Crippen LogP contribution is 2.55. The molecule has 0 radical (unpaired) electrons. The second-order valence-corrected chi connectivity index (χ2v) is 9.19. The van der Waals surface area contributed by atoms with Crippen LogP contribution in [0.5, 0.6) is 5.75 Å². The highest BCUT2D eigenvalue weighted by atomic mass is 79.9. The fourth-order valence-corrected chi connectivity index (χ4v) is 5.95. The summed E-state index contributed by atoms with van der Waals surface area (Å²) >= 11 is 3.15. The van der Waals surface area contributed by atoms with Gasteiger partial charge in [0.15, 0.2) is 11.6 Å². The summed E-state index contributed by atoms with van der Waals surface area (Å²) in [5.41, 5.74) is 7.20. The third-order valence-corrected chi connectivity index (χ3v) is 7.34. The normalized spacial score (nSPS) is 29.3. The molecule has 162 valence electrons. The summed E-state index contributed by atoms with van der Waals surface area (Å²) in [5.74, 6) is -4.80. The number of hydrogen-bond donors (Lipinski definition) is 2. The van der Waals surface area contributed by atoms with Crippen molar-refractivity contribution in [3.8, 4) is 5.75 Å². The van der Waals surface area contributed by atoms with E-state index in [0.717, 1.165) is 5.57 Å². The maximum Gasteiger partial charge on any atom is 0.328 e. The van der Waals surface area contributed by atoms with E-state index >= 15 is 0 Å². The van der Waals surface area contributed by atoms with Crippen molar-refractivity contribution in [3.63, 3.8) is 0 Å². The molecule has 4 unspecified atom stereocenters. The van der Waals surface area contributed by atoms with Crippen molar-refractivity contribution in [2.24, 2.45) is 23.5 Å². The molecule has 1 heterocycles. The molecule has 4 atom stereocenters. The van der Waals surface area contributed by atoms with Crippen molar-refractivity contribution < 1.29 is 29.1 Å². The van der Waals surface area contributed by atoms with E-state index in [2.05, 4.69) is 15.9 Å². The zero-order chi connectivity index (χ0) is 22.9. The number of primary amides is 1. The van der Waals surface area contributed by atoms with Gasteiger partial charge >= 0.3 is 6.03 Å². The molecular formula is C23H17BrN2O6. The van der Waals surface area contributed by atoms with Crippen LogP contribution in [0.25, 0.3) is 0 Å². The second kappa shape index (κ2) is 7.09. The number of phenols is 1. The van der Waals surface area contributed by atoms with Crippen molar-refractivity contribution >= 4 is 45.3 Å². The second-order valence-electron chi connectivity index (χ2n) is 8.34. The molecule has 9 heteroatoms. The van der Waals surface area contributed by atoms with Gasteiger partial charge in [-0.05, 0) is 52.4 Å². The van der Waals surface area contributed by atoms with E-state index in [-0.39, 0.29) is 40.2 Å². The molecule has 4 aliphatic rings. The average molecular weight is 497 g/mol. The third kappa shape index (κ3) is 2.77. The monoisotopic (exact) mass is 496 g/mol. The SMILES string of the molecule is NC(=O)N1C(=O)C2CC=C3C(c4cccc(O)c4)C4=C(CC3C2C1=O)C(=O)C(Br)=CC4=O. The Labute approximate surface area is 190 Å². The lowest BCUT2D eigenvalue weighted by Gasteiger charge is -2.42. The Morgan fingerprint density at radius 2 is 1.88 bits per heavy atom. The van der Waals surface area contributed by atoms with Gasteiger partial charge in [-0.1, -0.05) is 23.8 Å². The largest absolute Gasteiger partial charge is 0.508 e. The van der Waals surface area contributed by atoms with Gasteiger partial charge in [0.25, 0.3) is 0 Å². The topological polar surface area (TPSA) is 135 Å². The van der Waals surface area contributed by atoms with Crippen LogP contribution in [0.4, 0.5) is 4.79 Å². The number of nitrogens with two attached hydrogens (primary N) is 1. The maximum atomic E-state index is 13.1. The fourth-order valence-electron chi connectivity index (χ4n) is 5.51. The van der Waals surface area contributed by atoms with Crippen molar-refractivity contribution in [2.45, 2.75) is 18.8 Å². The summed E-state index contributed by atoms with van der Waals surface area (Å²) < 4.78 is 0.128. The Morgan fingerprint density at radius 1 is 1.12 bits per heavy atom. The third-order valence-electron chi connectivity index (χ3n) is 6.76. The zero-order valence-electron chi connectivity index (χ0n) is 16.6. The standard InChI is InChI=1S/C23H17BrN2O6/c24-15-8-16(28)19-14(20(15)29)7-13-11(17(19)9-2-1-3-10(27)6-9)4-5-12-18(13)22(31)26(21(12)30)23(25)32/h1-4,6,8,12-13,17-18,27H,5,7H2,(H2,25,32). The smallest absolute Gasteiger partial charge is 0.328 e. The van der Waals surface area contributed by atoms with Crippen LogP contribution in [-0.4, -0.2) is 39.4 Å². The van der Waals surface area contributed by atoms with Crippen LogP contribution >= 0.6 is 15.9 Å². The number of carbonyl (C=O) groups is 5. The number of allylic oxidation sites excluding steroid dienone is 6. The van der Waals surface area contributed by atoms with Crippen LogP contribution in [0.15, 0.2) is 57.6 Å². The molecule has 0 bridgehead atoms. The summed E-state index contributed by atoms with van der Waals surface area (Å²) in [6.07, 6.45) is 3.37. The lowest BCUT2D eigenvalue weighted by molar-refractivity contribution is -0.136. The quantitative estimate of drug-likeness (QED) is 0.347. The molecule has 4 amide bonds. The van der Waals surface area contributed by atoms with Gasteiger partial charge in [-0.15, -0.1) is 0 Å². The molecule has 1 aromatic rings. The minimum Gasteiger partial charge on any atom is -0.508 e. The van der Waals surface area contributed by atoms with Crippen molar-refractivity contribution in [3.05, 3.63) is 63.2 Å². The first kappa shape index (κ1) is 20.6. The Hall–Kier alpha value is -3.33. The molecule has 3 aliphatic carbocycles. The lowest BCUT2D eigenvalue weighted by Crippen LogP contribution is -2.42. The number of likely N-dealkylation sites (tertiary alicyclic amines) is 1. The minimum atomic E-state index is -1.12. The molecule has 1 aromatic carbocycles. The molecule has 32 heavy (non-hydrogen) atoms. The van der Waals surface area contributed by atoms with Gasteiger partial charge in [-0.3, -0.25) is 19.2 Å². The van der Waals surface area contributed by atoms with Crippen molar-refractivity contribution in [1.82, 2.24) is 4.90 Å². The molecule has 5 rings (SSSR count). The summed E-state index contributed by atoms with van der Waals surface area (Å²) in [4.78, 5) is 64.0. The first-order valence-corrected chi connectivity index (χ1v) is 10.9. The Balaban J connectivity index is 1.70. The van der Waals surface area contributed by atoms with Gasteiger partial charge in [0.05, 0.1) is 16.3 Å². The number of rotatable bonds is 1. The van der Waals surface area contributed by atoms with E-state index < -0.39 is 41.5 Å². The van der Waals surface area contributed by atoms with E-state index in [0.29, 0.717) is 16.0 Å². The lowest BCUT2D eigenvalue weighted by atomic mass is 9.59. The predicted octanol–water partition coefficient (Wildman–Crippen LogP) is 2.23. The molecule has 1 aliphatic heterocycles. The van der Waals surface area contributed by atoms with Crippen LogP contribution in [0.2, 0.25) is 0 Å². The summed E-state index contributed by atoms with van der Waals surface area (Å²) in [6.45, 7) is 0. The number of urea groups is 1. The van der Waals surface area contributed by atoms with Crippen LogP contribution < -0.4 is 5.73 Å². The van der Waals surface area contributed by atoms with E-state index in [4.69, 9.17) is 5.73 Å². The van der Waals surface area contributed by atoms with Crippen LogP contribution in [0.3, 0.4) is 0 Å². The molecule has 0 aromatic heterocycles. The number of carbonyl (C=O) groups excluding carboxylic acids is 5. The number of fused-ring (bicyclic) bond motifs is 3. The van der Waals surface area contributed by atoms with Crippen LogP contribution in [-0.2, 0) is 19.2 Å². The Bertz CT molecular complexity index is 1240. The number of nitrogens with zero attached hydrogens (tertiary/aromatic N) is 1. The van der Waals surface area contributed by atoms with Crippen LogP contribution in [0.1, 0.15) is 24.3 Å². The molecular weight excluding hydrogens is 480 g/mol. The van der Waals surface area contributed by atoms with E-state index in [1.165, 1.54) is 18.2 Å². The van der Waals surface area contributed by atoms with Gasteiger partial charge in [0, 0.05) is 23.1 Å². The molecule has 1 saturated heterocycles. The number of Topliss-reactive ketones (excluding diaryl/α,β-unsaturated/α-hetero) is 1. The highest BCUT2D eigenvalue weighted by Gasteiger charge is 2.57. The number of aromatic hydroxyl groups is 1. The first-order valence-electron chi connectivity index (χ1n) is 10.1. The predicted molar refractivity (Wildman–Crippen MR) is 114 cm³/mol. The first-order chi connectivity index (χ1) is 15.2. The van der Waals surface area contributed by atoms with E-state index in [1.807, 2.05) is 6.08 Å². The average Bonchev–Trinajstić information content (AvgIpc) is 3.01. The van der Waals surface area contributed by atoms with Crippen molar-refractivity contribution in [2.75, 3.05) is 0 Å². The zero-order valence-corrected chi connectivity index (χ0v) is 18.2. The van der Waals surface area contributed by atoms with Crippen LogP contribution in [0, 0.1) is 17.8 Å². The van der Waals surface area contributed by atoms with Gasteiger partial charge in [0.1, 0.15) is 5.75 Å². The van der Waals surface area contributed by atoms with Crippen molar-refractivity contribution in [1.29, 1.82) is 0 Å². The molecule has 3 N–H and O–H groups in total. The number of phenolic OH excluding ortho intramolecular Hbond substituents is 1. The number of ketones is 2. The number of amides is 4. The summed E-state index contributed by atoms with van der Waals surface area (Å²) in [6, 6.07) is 5.28. The van der Waals surface area contributed by atoms with Gasteiger partial charge in [0.2, 0.25) is 11.8 Å². The molecule has 0 spiro atoms. The number of benzene rings is 1. The van der Waals surface area contributed by atoms with E-state index in [1.54, 1.807) is 12.1 Å². The number of imide groups is 3. The summed E-state index contributed by atoms with van der Waals surface area (Å²) in [5, 5.41) is 10.1. The number of halogens is 1. The Kier molecular flexibility index (Phi) is 4.56. The molecule has 0 saturated carbocycles. The maximum absolute atomic E-state index is 13.1. The number of hydrogen-bond acceptors (Lipinski definition) is 6. The minimum absolute atomic E-state index is 0.000564. The van der Waals surface area contributed by atoms with Gasteiger partial charge in [-0.25, -0.2) is 4.79 Å². The highest BCUT2D eigenvalue weighted by molar-refractivity contribution is 9.12. The molecule has 8 nitrogen and oxygen atoms in total. The Morgan fingerprint density at radius 3 is 2.56 bits per heavy atom. The summed E-state index contributed by atoms with van der Waals surface area (Å²) in [7, 11) is 0. The van der Waals surface area contributed by atoms with Gasteiger partial charge in [-0.2, -0.15) is 4.90 Å².